The third-order valence-corrected chi connectivity index (χ3v) is 17.6. The predicted molar refractivity (Wildman–Crippen MR) is 306 cm³/mol. The molecule has 8 aromatic heterocycles. The smallest absolute Gasteiger partial charge is 0.0620 e. The van der Waals surface area contributed by atoms with Crippen molar-refractivity contribution in [1.82, 2.24) is 17.6 Å². The van der Waals surface area contributed by atoms with Crippen LogP contribution in [0.5, 0.6) is 0 Å². The topological polar surface area (TPSA) is 17.6 Å². The van der Waals surface area contributed by atoms with Gasteiger partial charge in [-0.15, -0.1) is 0 Å². The number of fused-ring (bicyclic) bond motifs is 28. The summed E-state index contributed by atoms with van der Waals surface area (Å²) in [7, 11) is 0. The summed E-state index contributed by atoms with van der Waals surface area (Å²) in [5, 5.41) is 26.1. The van der Waals surface area contributed by atoms with E-state index in [1.54, 1.807) is 0 Å². The summed E-state index contributed by atoms with van der Waals surface area (Å²) in [5.74, 6) is 0. The third-order valence-electron chi connectivity index (χ3n) is 17.6. The molecule has 8 heterocycles. The molecule has 4 heteroatoms. The lowest BCUT2D eigenvalue weighted by Crippen LogP contribution is -1.86. The molecule has 0 radical (unpaired) electrons. The van der Waals surface area contributed by atoms with Crippen molar-refractivity contribution >= 4 is 174 Å². The zero-order valence-corrected chi connectivity index (χ0v) is 38.4. The standard InChI is InChI=1S/C68H34N4/c1-3-21-54-40(11-1)44-14-7-18-49-63-41-26-29-59-64(42(41)25-28-58(63)69(54)67(44)49)50-20-8-19-48-62-38(12-9-23-57(62)72(59)68(48)50)35-24-27-56-51(30-35)45-15-6-17-47-53-32-36-33-60-52(31-37(36)34-61(53)71(56)66(45)47)46-16-5-13-43-39-10-2-4-22-55(39)70(60)65(43)46/h1-34H. The largest absolute Gasteiger partial charge is 0.308 e. The van der Waals surface area contributed by atoms with Crippen LogP contribution in [-0.4, -0.2) is 17.6 Å². The van der Waals surface area contributed by atoms with Crippen LogP contribution in [0.3, 0.4) is 0 Å². The Hall–Kier alpha value is -9.64. The van der Waals surface area contributed by atoms with Crippen molar-refractivity contribution in [1.29, 1.82) is 0 Å². The van der Waals surface area contributed by atoms with E-state index in [9.17, 15) is 0 Å². The number of para-hydroxylation sites is 6. The summed E-state index contributed by atoms with van der Waals surface area (Å²) in [4.78, 5) is 0. The van der Waals surface area contributed by atoms with E-state index in [-0.39, 0.29) is 0 Å². The minimum atomic E-state index is 1.24. The van der Waals surface area contributed by atoms with Gasteiger partial charge in [0, 0.05) is 86.2 Å². The highest BCUT2D eigenvalue weighted by molar-refractivity contribution is 6.36. The fraction of sp³-hybridized carbons (Fsp3) is 0. The first-order valence-corrected chi connectivity index (χ1v) is 25.2. The molecule has 20 rings (SSSR count). The maximum atomic E-state index is 2.55. The molecule has 0 unspecified atom stereocenters. The molecule has 0 spiro atoms. The summed E-state index contributed by atoms with van der Waals surface area (Å²) in [6, 6.07) is 78.6. The normalized spacial score (nSPS) is 13.3. The Balaban J connectivity index is 0.801. The van der Waals surface area contributed by atoms with Crippen LogP contribution in [0.15, 0.2) is 206 Å². The van der Waals surface area contributed by atoms with E-state index in [4.69, 9.17) is 0 Å². The lowest BCUT2D eigenvalue weighted by atomic mass is 9.96. The Morgan fingerprint density at radius 2 is 0.556 bits per heavy atom. The molecule has 326 valence electrons. The van der Waals surface area contributed by atoms with E-state index in [2.05, 4.69) is 224 Å². The van der Waals surface area contributed by atoms with Gasteiger partial charge in [0.05, 0.1) is 66.2 Å². The molecule has 0 aliphatic carbocycles. The Morgan fingerprint density at radius 3 is 1.12 bits per heavy atom. The van der Waals surface area contributed by atoms with Crippen molar-refractivity contribution in [2.45, 2.75) is 0 Å². The van der Waals surface area contributed by atoms with Crippen molar-refractivity contribution < 1.29 is 0 Å². The molecule has 0 fully saturated rings. The predicted octanol–water partition coefficient (Wildman–Crippen LogP) is 18.3. The maximum Gasteiger partial charge on any atom is 0.0620 e. The molecule has 0 amide bonds. The molecule has 20 aromatic rings. The number of aromatic nitrogens is 4. The first kappa shape index (κ1) is 35.5. The quantitative estimate of drug-likeness (QED) is 0.156. The van der Waals surface area contributed by atoms with Crippen LogP contribution in [0.1, 0.15) is 0 Å². The van der Waals surface area contributed by atoms with Gasteiger partial charge in [0.1, 0.15) is 0 Å². The van der Waals surface area contributed by atoms with Crippen molar-refractivity contribution in [2.75, 3.05) is 0 Å². The molecular formula is C68H34N4. The number of rotatable bonds is 1. The molecule has 4 nitrogen and oxygen atoms in total. The van der Waals surface area contributed by atoms with Gasteiger partial charge in [-0.1, -0.05) is 140 Å². The summed E-state index contributed by atoms with van der Waals surface area (Å²) in [6.45, 7) is 0. The van der Waals surface area contributed by atoms with E-state index >= 15 is 0 Å². The van der Waals surface area contributed by atoms with Gasteiger partial charge in [-0.3, -0.25) is 0 Å². The molecule has 0 saturated carbocycles. The van der Waals surface area contributed by atoms with Crippen LogP contribution in [0, 0.1) is 0 Å². The Kier molecular flexibility index (Phi) is 5.75. The fourth-order valence-corrected chi connectivity index (χ4v) is 14.9. The highest BCUT2D eigenvalue weighted by atomic mass is 14.9. The van der Waals surface area contributed by atoms with Gasteiger partial charge in [-0.05, 0) is 99.4 Å². The lowest BCUT2D eigenvalue weighted by molar-refractivity contribution is 1.37. The zero-order valence-electron chi connectivity index (χ0n) is 38.4. The highest BCUT2D eigenvalue weighted by Gasteiger charge is 2.26. The lowest BCUT2D eigenvalue weighted by Gasteiger charge is -2.08. The third kappa shape index (κ3) is 3.78. The molecule has 12 aromatic carbocycles. The minimum absolute atomic E-state index is 1.24. The van der Waals surface area contributed by atoms with Gasteiger partial charge in [0.15, 0.2) is 0 Å². The average molecular weight is 907 g/mol. The van der Waals surface area contributed by atoms with E-state index in [0.29, 0.717) is 0 Å². The first-order chi connectivity index (χ1) is 35.7. The van der Waals surface area contributed by atoms with Gasteiger partial charge >= 0.3 is 0 Å². The maximum absolute atomic E-state index is 2.55. The van der Waals surface area contributed by atoms with E-state index in [1.165, 1.54) is 185 Å². The van der Waals surface area contributed by atoms with Gasteiger partial charge in [0.2, 0.25) is 0 Å². The van der Waals surface area contributed by atoms with Crippen molar-refractivity contribution in [3.63, 3.8) is 0 Å². The van der Waals surface area contributed by atoms with Crippen molar-refractivity contribution in [2.24, 2.45) is 0 Å². The molecule has 0 N–H and O–H groups in total. The molecule has 0 saturated heterocycles. The molecule has 72 heavy (non-hydrogen) atoms. The van der Waals surface area contributed by atoms with Gasteiger partial charge in [-0.2, -0.15) is 0 Å². The van der Waals surface area contributed by atoms with E-state index in [0.717, 1.165) is 0 Å². The zero-order chi connectivity index (χ0) is 46.0. The van der Waals surface area contributed by atoms with E-state index < -0.39 is 0 Å². The van der Waals surface area contributed by atoms with Crippen molar-refractivity contribution in [3.8, 4) is 11.1 Å². The van der Waals surface area contributed by atoms with Gasteiger partial charge in [0.25, 0.3) is 0 Å². The minimum Gasteiger partial charge on any atom is -0.308 e. The molecule has 0 aliphatic rings. The monoisotopic (exact) mass is 906 g/mol. The number of hydrogen-bond donors (Lipinski definition) is 0. The van der Waals surface area contributed by atoms with Gasteiger partial charge < -0.3 is 17.6 Å². The summed E-state index contributed by atoms with van der Waals surface area (Å²) in [5.41, 5.74) is 17.8. The summed E-state index contributed by atoms with van der Waals surface area (Å²) >= 11 is 0. The SMILES string of the molecule is c1ccc2c(c1)c1cccc3c4cc5cc6c(cc5cc4n2c13)c1cccc2c3cc(-c4cccc5c4c4cccc7c8c9ccc%10c(c9ccc8n5c47)c4cccc5c7ccccc7n%10c54)ccc3n6c21. The van der Waals surface area contributed by atoms with Crippen LogP contribution in [0.2, 0.25) is 0 Å². The van der Waals surface area contributed by atoms with Crippen LogP contribution in [-0.2, 0) is 0 Å². The Bertz CT molecular complexity index is 5880. The van der Waals surface area contributed by atoms with Crippen LogP contribution in [0.4, 0.5) is 0 Å². The second-order valence-corrected chi connectivity index (χ2v) is 20.7. The summed E-state index contributed by atoms with van der Waals surface area (Å²) < 4.78 is 10.1. The average Bonchev–Trinajstić information content (AvgIpc) is 4.32. The number of nitrogens with zero attached hydrogens (tertiary/aromatic N) is 4. The Morgan fingerprint density at radius 1 is 0.194 bits per heavy atom. The van der Waals surface area contributed by atoms with Crippen molar-refractivity contribution in [3.05, 3.63) is 206 Å². The van der Waals surface area contributed by atoms with Crippen LogP contribution >= 0.6 is 0 Å². The Labute approximate surface area is 406 Å². The summed E-state index contributed by atoms with van der Waals surface area (Å²) in [6.07, 6.45) is 0. The second kappa shape index (κ2) is 11.7. The number of hydrogen-bond acceptors (Lipinski definition) is 0. The van der Waals surface area contributed by atoms with E-state index in [1.807, 2.05) is 0 Å². The van der Waals surface area contributed by atoms with Crippen LogP contribution < -0.4 is 0 Å². The molecule has 0 bridgehead atoms. The molecular weight excluding hydrogens is 873 g/mol. The molecule has 0 atom stereocenters. The molecule has 0 aliphatic heterocycles. The number of benzene rings is 12. The second-order valence-electron chi connectivity index (χ2n) is 20.7. The highest BCUT2D eigenvalue weighted by Crippen LogP contribution is 2.49. The van der Waals surface area contributed by atoms with Crippen LogP contribution in [0.25, 0.3) is 185 Å². The fourth-order valence-electron chi connectivity index (χ4n) is 14.9. The first-order valence-electron chi connectivity index (χ1n) is 25.2. The van der Waals surface area contributed by atoms with Gasteiger partial charge in [-0.25, -0.2) is 0 Å².